The highest BCUT2D eigenvalue weighted by Gasteiger charge is 2.43. The van der Waals surface area contributed by atoms with E-state index >= 15 is 0 Å². The lowest BCUT2D eigenvalue weighted by Crippen LogP contribution is -2.57. The van der Waals surface area contributed by atoms with Crippen molar-refractivity contribution in [2.75, 3.05) is 90.8 Å². The minimum absolute atomic E-state index is 0. The molecule has 0 amide bonds. The van der Waals surface area contributed by atoms with Crippen molar-refractivity contribution in [1.29, 1.82) is 0 Å². The molecule has 9 heterocycles. The first-order valence-corrected chi connectivity index (χ1v) is 26.6. The SMILES string of the molecule is C=C(F)c1ccc(N2CCNC(c3cccc(Cl)c3)C2)nc1C(=O)c1cccnc1N.C[C@H]1CN(c2ccc(C(F)(F)F)c(C(=O)c3cccnc3N)n2)CCN1.Nc1ncccc1C(=O)c1nc(N2CCNC(C(F)(F)F)C2)ccc1C(F)(F)F.[HH].[HH].[HH].[HH].[HH]. The molecule has 3 saturated heterocycles. The number of benzene rings is 1. The van der Waals surface area contributed by atoms with Crippen LogP contribution in [-0.4, -0.2) is 124 Å². The summed E-state index contributed by atoms with van der Waals surface area (Å²) in [6.07, 6.45) is -10.0. The van der Waals surface area contributed by atoms with E-state index in [-0.39, 0.29) is 83.5 Å². The van der Waals surface area contributed by atoms with Crippen LogP contribution in [0.5, 0.6) is 0 Å². The van der Waals surface area contributed by atoms with E-state index in [1.807, 2.05) is 36.1 Å². The van der Waals surface area contributed by atoms with E-state index in [1.165, 1.54) is 59.9 Å². The molecule has 3 aliphatic rings. The number of anilines is 6. The van der Waals surface area contributed by atoms with Crippen LogP contribution in [0, 0.1) is 0 Å². The van der Waals surface area contributed by atoms with Gasteiger partial charge in [0.25, 0.3) is 0 Å². The first kappa shape index (κ1) is 63.2. The summed E-state index contributed by atoms with van der Waals surface area (Å²) in [6.45, 7) is 8.67. The van der Waals surface area contributed by atoms with E-state index in [0.717, 1.165) is 24.2 Å². The average molecular weight is 1230 g/mol. The third-order valence-corrected chi connectivity index (χ3v) is 14.0. The van der Waals surface area contributed by atoms with Crippen molar-refractivity contribution < 1.29 is 65.4 Å². The number of carbonyl (C=O) groups is 3. The summed E-state index contributed by atoms with van der Waals surface area (Å²) >= 11 is 6.14. The molecule has 10 rings (SSSR count). The molecule has 2 unspecified atom stereocenters. The monoisotopic (exact) mass is 1230 g/mol. The Morgan fingerprint density at radius 1 is 0.558 bits per heavy atom. The molecule has 0 aliphatic carbocycles. The highest BCUT2D eigenvalue weighted by molar-refractivity contribution is 6.30. The van der Waals surface area contributed by atoms with Gasteiger partial charge >= 0.3 is 18.5 Å². The number of nitrogens with two attached hydrogens (primary N) is 3. The molecule has 0 radical (unpaired) electrons. The van der Waals surface area contributed by atoms with E-state index in [0.29, 0.717) is 55.4 Å². The van der Waals surface area contributed by atoms with Crippen molar-refractivity contribution in [2.24, 2.45) is 0 Å². The van der Waals surface area contributed by atoms with Gasteiger partial charge in [0.2, 0.25) is 17.3 Å². The Morgan fingerprint density at radius 3 is 1.43 bits per heavy atom. The molecule has 0 saturated carbocycles. The number of nitrogens with one attached hydrogen (secondary N) is 3. The van der Waals surface area contributed by atoms with E-state index < -0.39 is 76.8 Å². The topological polar surface area (TPSA) is 252 Å². The molecule has 0 spiro atoms. The third-order valence-electron chi connectivity index (χ3n) is 13.8. The molecule has 6 aromatic heterocycles. The van der Waals surface area contributed by atoms with Crippen molar-refractivity contribution in [3.8, 4) is 0 Å². The van der Waals surface area contributed by atoms with E-state index in [9.17, 15) is 58.3 Å². The van der Waals surface area contributed by atoms with Gasteiger partial charge in [0.05, 0.1) is 27.8 Å². The summed E-state index contributed by atoms with van der Waals surface area (Å²) in [5.41, 5.74) is 13.9. The zero-order valence-electron chi connectivity index (χ0n) is 45.4. The minimum Gasteiger partial charge on any atom is -0.383 e. The summed E-state index contributed by atoms with van der Waals surface area (Å²) in [5, 5.41) is 9.68. The van der Waals surface area contributed by atoms with Crippen LogP contribution < -0.4 is 47.9 Å². The number of alkyl halides is 9. The number of nitrogen functional groups attached to an aromatic ring is 3. The lowest BCUT2D eigenvalue weighted by molar-refractivity contribution is -0.155. The molecule has 3 aliphatic heterocycles. The molecular formula is C57H64ClF10N15O3. The van der Waals surface area contributed by atoms with Crippen molar-refractivity contribution in [2.45, 2.75) is 43.6 Å². The number of aromatic nitrogens is 6. The van der Waals surface area contributed by atoms with Crippen LogP contribution in [0.25, 0.3) is 5.83 Å². The van der Waals surface area contributed by atoms with E-state index in [1.54, 1.807) is 18.2 Å². The van der Waals surface area contributed by atoms with Crippen LogP contribution in [0.1, 0.15) is 90.5 Å². The lowest BCUT2D eigenvalue weighted by atomic mass is 10.0. The van der Waals surface area contributed by atoms with Gasteiger partial charge in [0, 0.05) is 107 Å². The molecule has 3 fully saturated rings. The van der Waals surface area contributed by atoms with Crippen LogP contribution >= 0.6 is 11.6 Å². The van der Waals surface area contributed by atoms with E-state index in [4.69, 9.17) is 28.8 Å². The second-order valence-electron chi connectivity index (χ2n) is 19.7. The highest BCUT2D eigenvalue weighted by Crippen LogP contribution is 2.37. The summed E-state index contributed by atoms with van der Waals surface area (Å²) in [6, 6.07) is 21.5. The normalized spacial score (nSPS) is 17.3. The molecule has 86 heavy (non-hydrogen) atoms. The summed E-state index contributed by atoms with van der Waals surface area (Å²) in [4.78, 5) is 67.4. The Balaban J connectivity index is 0.000000348. The maximum Gasteiger partial charge on any atom is 0.418 e. The number of nitrogens with zero attached hydrogens (tertiary/aromatic N) is 9. The molecule has 3 atom stereocenters. The van der Waals surface area contributed by atoms with Crippen LogP contribution in [0.2, 0.25) is 5.02 Å². The van der Waals surface area contributed by atoms with Crippen LogP contribution in [0.4, 0.5) is 78.8 Å². The Bertz CT molecular complexity index is 3660. The van der Waals surface area contributed by atoms with Gasteiger partial charge in [0.15, 0.2) is 0 Å². The predicted octanol–water partition coefficient (Wildman–Crippen LogP) is 10.0. The molecule has 0 bridgehead atoms. The molecule has 1 aromatic carbocycles. The maximum absolute atomic E-state index is 14.1. The van der Waals surface area contributed by atoms with Crippen molar-refractivity contribution in [3.05, 3.63) is 183 Å². The lowest BCUT2D eigenvalue weighted by Gasteiger charge is -2.35. The molecule has 18 nitrogen and oxygen atoms in total. The van der Waals surface area contributed by atoms with Gasteiger partial charge in [-0.05, 0) is 97.4 Å². The number of hydrogen-bond donors (Lipinski definition) is 6. The molecule has 7 aromatic rings. The first-order valence-electron chi connectivity index (χ1n) is 26.2. The largest absolute Gasteiger partial charge is 0.418 e. The van der Waals surface area contributed by atoms with Gasteiger partial charge in [-0.3, -0.25) is 14.4 Å². The fourth-order valence-electron chi connectivity index (χ4n) is 9.50. The molecule has 29 heteroatoms. The number of halogens is 11. The minimum atomic E-state index is -4.90. The fraction of sp³-hybridized carbons (Fsp3) is 0.281. The molecule has 462 valence electrons. The van der Waals surface area contributed by atoms with Gasteiger partial charge in [-0.1, -0.05) is 30.3 Å². The van der Waals surface area contributed by atoms with E-state index in [2.05, 4.69) is 57.3 Å². The average Bonchev–Trinajstić information content (AvgIpc) is 2.73. The van der Waals surface area contributed by atoms with Crippen LogP contribution in [0.15, 0.2) is 122 Å². The number of rotatable bonds is 11. The second-order valence-corrected chi connectivity index (χ2v) is 20.1. The number of ketones is 3. The predicted molar refractivity (Wildman–Crippen MR) is 314 cm³/mol. The Kier molecular flexibility index (Phi) is 19.5. The zero-order valence-corrected chi connectivity index (χ0v) is 46.2. The molecular weight excluding hydrogens is 1170 g/mol. The summed E-state index contributed by atoms with van der Waals surface area (Å²) < 4.78 is 133. The van der Waals surface area contributed by atoms with Gasteiger partial charge in [-0.15, -0.1) is 0 Å². The number of piperazine rings is 3. The van der Waals surface area contributed by atoms with Gasteiger partial charge in [0.1, 0.15) is 63.9 Å². The summed E-state index contributed by atoms with van der Waals surface area (Å²) in [5.74, 6) is -2.85. The van der Waals surface area contributed by atoms with Crippen LogP contribution in [-0.2, 0) is 12.4 Å². The Morgan fingerprint density at radius 2 is 0.988 bits per heavy atom. The smallest absolute Gasteiger partial charge is 0.383 e. The molecule has 9 N–H and O–H groups in total. The third kappa shape index (κ3) is 15.1. The van der Waals surface area contributed by atoms with Crippen molar-refractivity contribution in [3.63, 3.8) is 0 Å². The zero-order chi connectivity index (χ0) is 62.3. The van der Waals surface area contributed by atoms with Gasteiger partial charge in [-0.2, -0.15) is 39.5 Å². The number of hydrogen-bond acceptors (Lipinski definition) is 18. The van der Waals surface area contributed by atoms with Crippen molar-refractivity contribution >= 4 is 69.7 Å². The first-order chi connectivity index (χ1) is 40.7. The Labute approximate surface area is 497 Å². The fourth-order valence-corrected chi connectivity index (χ4v) is 9.70. The number of pyridine rings is 6. The second kappa shape index (κ2) is 26.6. The maximum atomic E-state index is 14.1. The number of carbonyl (C=O) groups excluding carboxylic acids is 3. The van der Waals surface area contributed by atoms with Gasteiger partial charge < -0.3 is 47.9 Å². The highest BCUT2D eigenvalue weighted by atomic mass is 35.5. The van der Waals surface area contributed by atoms with Crippen LogP contribution in [0.3, 0.4) is 0 Å². The standard InChI is InChI=1S/C23H21ClFN5O.C17H15F6N5O.C17H18F3N5O.5H2/c1-14(25)17-7-8-20(29-21(17)22(31)18-6-3-9-28-23(18)26)30-11-10-27-19(13-30)15-4-2-5-16(24)12-15;18-16(19,20)10-3-4-12(28-7-6-25-11(8-28)17(21,22)23)27-13(10)14(29)9-2-1-5-26-15(9)24;1-10-9-25(8-7-22-10)13-5-4-12(17(18,19)20)14(24-13)15(26)11-3-2-6-23-16(11)21;;;;;/h2-9,12,19,27H,1,10-11,13H2,(H2,26,28);1-5,11,25H,6-8H2,(H2,24,26);2-6,10,22H,7-9H2,1H3,(H2,21,23);5*1H/t;;10-;;;;;/m..0...../s1. The summed E-state index contributed by atoms with van der Waals surface area (Å²) in [7, 11) is 0. The van der Waals surface area contributed by atoms with Gasteiger partial charge in [-0.25, -0.2) is 34.3 Å². The van der Waals surface area contributed by atoms with Crippen molar-refractivity contribution in [1.82, 2.24) is 45.9 Å². The Hall–Kier alpha value is -8.86. The quantitative estimate of drug-likeness (QED) is 0.0520.